The zero-order chi connectivity index (χ0) is 19.5. The molecule has 0 saturated carbocycles. The van der Waals surface area contributed by atoms with Gasteiger partial charge in [0.15, 0.2) is 0 Å². The van der Waals surface area contributed by atoms with E-state index < -0.39 is 23.6 Å². The van der Waals surface area contributed by atoms with Gasteiger partial charge < -0.3 is 14.4 Å². The Hall–Kier alpha value is -1.57. The predicted octanol–water partition coefficient (Wildman–Crippen LogP) is 2.96. The molecule has 1 aliphatic rings. The number of benzene rings is 1. The molecule has 6 nitrogen and oxygen atoms in total. The van der Waals surface area contributed by atoms with Gasteiger partial charge in [-0.15, -0.1) is 0 Å². The fraction of sp³-hybridized carbons (Fsp3) is 0.579. The van der Waals surface area contributed by atoms with Crippen LogP contribution in [0, 0.1) is 5.92 Å². The monoisotopic (exact) mass is 380 g/mol. The molecule has 0 spiro atoms. The van der Waals surface area contributed by atoms with Gasteiger partial charge in [0.2, 0.25) is 0 Å². The normalized spacial score (nSPS) is 19.6. The molecule has 1 aromatic carbocycles. The first-order valence-corrected chi connectivity index (χ1v) is 9.47. The topological polar surface area (TPSA) is 59.1 Å². The van der Waals surface area contributed by atoms with E-state index in [0.717, 1.165) is 10.6 Å². The number of amides is 1. The van der Waals surface area contributed by atoms with E-state index in [1.165, 1.54) is 0 Å². The van der Waals surface area contributed by atoms with Gasteiger partial charge in [0.1, 0.15) is 11.7 Å². The summed E-state index contributed by atoms with van der Waals surface area (Å²) >= 11 is 1.61. The molecule has 7 heteroatoms. The van der Waals surface area contributed by atoms with Gasteiger partial charge in [-0.25, -0.2) is 0 Å². The van der Waals surface area contributed by atoms with Crippen molar-refractivity contribution in [1.29, 1.82) is 0 Å². The molecule has 1 fully saturated rings. The van der Waals surface area contributed by atoms with E-state index in [2.05, 4.69) is 0 Å². The van der Waals surface area contributed by atoms with E-state index in [1.807, 2.05) is 42.7 Å². The van der Waals surface area contributed by atoms with Crippen LogP contribution in [-0.2, 0) is 19.1 Å². The Labute approximate surface area is 159 Å². The minimum absolute atomic E-state index is 0.206. The summed E-state index contributed by atoms with van der Waals surface area (Å²) in [6, 6.07) is 7.80. The lowest BCUT2D eigenvalue weighted by molar-refractivity contribution is -0.168. The number of anilines is 1. The lowest BCUT2D eigenvalue weighted by Crippen LogP contribution is -2.52. The number of carbonyl (C=O) groups is 2. The highest BCUT2D eigenvalue weighted by atomic mass is 32.2. The van der Waals surface area contributed by atoms with Crippen molar-refractivity contribution in [2.24, 2.45) is 5.92 Å². The van der Waals surface area contributed by atoms with Crippen molar-refractivity contribution in [2.75, 3.05) is 32.1 Å². The van der Waals surface area contributed by atoms with Gasteiger partial charge in [0.05, 0.1) is 12.5 Å². The summed E-state index contributed by atoms with van der Waals surface area (Å²) in [4.78, 5) is 28.0. The average molecular weight is 381 g/mol. The molecule has 2 unspecified atom stereocenters. The number of esters is 1. The van der Waals surface area contributed by atoms with Crippen LogP contribution in [0.5, 0.6) is 0 Å². The van der Waals surface area contributed by atoms with Crippen molar-refractivity contribution < 1.29 is 19.1 Å². The highest BCUT2D eigenvalue weighted by Gasteiger charge is 2.39. The number of hydrogen-bond donors (Lipinski definition) is 0. The number of nitrogens with zero attached hydrogens (tertiary/aromatic N) is 2. The largest absolute Gasteiger partial charge is 0.460 e. The molecule has 0 radical (unpaired) electrons. The van der Waals surface area contributed by atoms with Crippen LogP contribution < -0.4 is 4.90 Å². The Kier molecular flexibility index (Phi) is 6.71. The van der Waals surface area contributed by atoms with Crippen LogP contribution in [0.15, 0.2) is 29.2 Å². The molecule has 0 aliphatic carbocycles. The lowest BCUT2D eigenvalue weighted by atomic mass is 10.0. The van der Waals surface area contributed by atoms with Gasteiger partial charge in [0, 0.05) is 17.1 Å². The second kappa shape index (κ2) is 8.41. The van der Waals surface area contributed by atoms with Crippen molar-refractivity contribution in [1.82, 2.24) is 4.31 Å². The van der Waals surface area contributed by atoms with Crippen LogP contribution in [0.4, 0.5) is 5.69 Å². The molecule has 144 valence electrons. The number of ether oxygens (including phenoxy) is 2. The first kappa shape index (κ1) is 20.7. The second-order valence-corrected chi connectivity index (χ2v) is 8.89. The molecule has 1 amide bonds. The molecule has 1 aromatic rings. The zero-order valence-corrected chi connectivity index (χ0v) is 17.1. The van der Waals surface area contributed by atoms with Crippen molar-refractivity contribution >= 4 is 29.5 Å². The number of hydrogen-bond acceptors (Lipinski definition) is 6. The van der Waals surface area contributed by atoms with Gasteiger partial charge in [0.25, 0.3) is 5.91 Å². The Morgan fingerprint density at radius 1 is 1.31 bits per heavy atom. The molecular weight excluding hydrogens is 352 g/mol. The van der Waals surface area contributed by atoms with Gasteiger partial charge >= 0.3 is 5.97 Å². The van der Waals surface area contributed by atoms with Crippen LogP contribution in [-0.4, -0.2) is 55.1 Å². The summed E-state index contributed by atoms with van der Waals surface area (Å²) < 4.78 is 13.0. The molecule has 2 rings (SSSR count). The molecule has 1 saturated heterocycles. The molecular formula is C19H28N2O4S. The van der Waals surface area contributed by atoms with Crippen molar-refractivity contribution in [3.8, 4) is 0 Å². The lowest BCUT2D eigenvalue weighted by Gasteiger charge is -2.35. The summed E-state index contributed by atoms with van der Waals surface area (Å²) in [6.07, 6.45) is -0.825. The first-order valence-electron chi connectivity index (χ1n) is 8.69. The summed E-state index contributed by atoms with van der Waals surface area (Å²) in [5.74, 6) is -1.29. The third-order valence-corrected chi connectivity index (χ3v) is 4.64. The van der Waals surface area contributed by atoms with Gasteiger partial charge in [-0.3, -0.25) is 13.9 Å². The van der Waals surface area contributed by atoms with E-state index in [0.29, 0.717) is 13.2 Å². The standard InChI is InChI=1S/C19H28N2O4S/c1-13(18(23)25-19(2,3)4)16-17(22)21(11-12-24-16)14-7-9-15(10-8-14)26-20(5)6/h7-10,13,16H,11-12H2,1-6H3. The van der Waals surface area contributed by atoms with Crippen LogP contribution in [0.25, 0.3) is 0 Å². The van der Waals surface area contributed by atoms with Crippen LogP contribution in [0.2, 0.25) is 0 Å². The number of carbonyl (C=O) groups excluding carboxylic acids is 2. The smallest absolute Gasteiger partial charge is 0.312 e. The van der Waals surface area contributed by atoms with E-state index in [1.54, 1.807) is 44.5 Å². The van der Waals surface area contributed by atoms with Crippen LogP contribution in [0.3, 0.4) is 0 Å². The quantitative estimate of drug-likeness (QED) is 0.578. The Bertz CT molecular complexity index is 640. The zero-order valence-electron chi connectivity index (χ0n) is 16.3. The SMILES string of the molecule is CC(C(=O)OC(C)(C)C)C1OCCN(c2ccc(SN(C)C)cc2)C1=O. The third kappa shape index (κ3) is 5.46. The first-order chi connectivity index (χ1) is 12.1. The van der Waals surface area contributed by atoms with E-state index >= 15 is 0 Å². The molecule has 1 heterocycles. The maximum Gasteiger partial charge on any atom is 0.312 e. The number of rotatable bonds is 5. The molecule has 26 heavy (non-hydrogen) atoms. The van der Waals surface area contributed by atoms with Crippen molar-refractivity contribution in [3.05, 3.63) is 24.3 Å². The Balaban J connectivity index is 2.10. The molecule has 2 atom stereocenters. The number of morpholine rings is 1. The Morgan fingerprint density at radius 3 is 2.46 bits per heavy atom. The Morgan fingerprint density at radius 2 is 1.92 bits per heavy atom. The van der Waals surface area contributed by atoms with E-state index in [-0.39, 0.29) is 5.91 Å². The minimum atomic E-state index is -0.825. The average Bonchev–Trinajstić information content (AvgIpc) is 2.53. The molecule has 1 aliphatic heterocycles. The second-order valence-electron chi connectivity index (χ2n) is 7.50. The van der Waals surface area contributed by atoms with Gasteiger partial charge in [-0.1, -0.05) is 0 Å². The highest BCUT2D eigenvalue weighted by Crippen LogP contribution is 2.27. The predicted molar refractivity (Wildman–Crippen MR) is 103 cm³/mol. The van der Waals surface area contributed by atoms with Crippen molar-refractivity contribution in [3.63, 3.8) is 0 Å². The van der Waals surface area contributed by atoms with Gasteiger partial charge in [-0.2, -0.15) is 0 Å². The third-order valence-electron chi connectivity index (χ3n) is 3.79. The molecule has 0 aromatic heterocycles. The summed E-state index contributed by atoms with van der Waals surface area (Å²) in [5.41, 5.74) is 0.214. The van der Waals surface area contributed by atoms with Crippen LogP contribution >= 0.6 is 11.9 Å². The highest BCUT2D eigenvalue weighted by molar-refractivity contribution is 7.97. The summed E-state index contributed by atoms with van der Waals surface area (Å²) in [6.45, 7) is 7.95. The fourth-order valence-electron chi connectivity index (χ4n) is 2.64. The van der Waals surface area contributed by atoms with Gasteiger partial charge in [-0.05, 0) is 78.0 Å². The minimum Gasteiger partial charge on any atom is -0.460 e. The van der Waals surface area contributed by atoms with E-state index in [4.69, 9.17) is 9.47 Å². The molecule has 0 N–H and O–H groups in total. The van der Waals surface area contributed by atoms with Crippen LogP contribution in [0.1, 0.15) is 27.7 Å². The fourth-order valence-corrected chi connectivity index (χ4v) is 3.32. The molecule has 0 bridgehead atoms. The summed E-state index contributed by atoms with van der Waals surface area (Å²) in [7, 11) is 3.96. The van der Waals surface area contributed by atoms with E-state index in [9.17, 15) is 9.59 Å². The van der Waals surface area contributed by atoms with Crippen molar-refractivity contribution in [2.45, 2.75) is 44.3 Å². The summed E-state index contributed by atoms with van der Waals surface area (Å²) in [5, 5.41) is 0. The maximum atomic E-state index is 12.9. The maximum absolute atomic E-state index is 12.9.